The highest BCUT2D eigenvalue weighted by Gasteiger charge is 2.30. The molecule has 0 unspecified atom stereocenters. The average molecular weight is 397 g/mol. The Bertz CT molecular complexity index is 756. The quantitative estimate of drug-likeness (QED) is 0.742. The SMILES string of the molecule is CCOc1ccc(NCC(=O)N2CCOCC2)cc1S(=O)(=O)N1CCCC1. The lowest BCUT2D eigenvalue weighted by Gasteiger charge is -2.27. The van der Waals surface area contributed by atoms with Crippen molar-refractivity contribution in [3.05, 3.63) is 18.2 Å². The predicted octanol–water partition coefficient (Wildman–Crippen LogP) is 1.14. The summed E-state index contributed by atoms with van der Waals surface area (Å²) in [7, 11) is -3.62. The minimum atomic E-state index is -3.62. The molecule has 0 aromatic heterocycles. The van der Waals surface area contributed by atoms with Gasteiger partial charge in [0.15, 0.2) is 0 Å². The summed E-state index contributed by atoms with van der Waals surface area (Å²) >= 11 is 0. The van der Waals surface area contributed by atoms with E-state index in [1.54, 1.807) is 23.1 Å². The molecule has 2 aliphatic heterocycles. The van der Waals surface area contributed by atoms with E-state index >= 15 is 0 Å². The zero-order valence-electron chi connectivity index (χ0n) is 15.6. The lowest BCUT2D eigenvalue weighted by Crippen LogP contribution is -2.43. The zero-order valence-corrected chi connectivity index (χ0v) is 16.5. The largest absolute Gasteiger partial charge is 0.492 e. The lowest BCUT2D eigenvalue weighted by atomic mass is 10.3. The molecule has 1 aromatic rings. The van der Waals surface area contributed by atoms with Gasteiger partial charge in [-0.2, -0.15) is 4.31 Å². The number of sulfonamides is 1. The fourth-order valence-electron chi connectivity index (χ4n) is 3.26. The molecule has 0 radical (unpaired) electrons. The number of benzene rings is 1. The topological polar surface area (TPSA) is 88.2 Å². The van der Waals surface area contributed by atoms with Crippen LogP contribution in [0.5, 0.6) is 5.75 Å². The second-order valence-corrected chi connectivity index (χ2v) is 8.46. The fourth-order valence-corrected chi connectivity index (χ4v) is 4.94. The van der Waals surface area contributed by atoms with Gasteiger partial charge in [-0.15, -0.1) is 0 Å². The molecule has 1 N–H and O–H groups in total. The summed E-state index contributed by atoms with van der Waals surface area (Å²) < 4.78 is 38.3. The summed E-state index contributed by atoms with van der Waals surface area (Å²) in [6, 6.07) is 4.94. The molecular weight excluding hydrogens is 370 g/mol. The Kier molecular flexibility index (Phi) is 6.56. The number of morpholine rings is 1. The number of hydrogen-bond acceptors (Lipinski definition) is 6. The Morgan fingerprint density at radius 1 is 1.19 bits per heavy atom. The van der Waals surface area contributed by atoms with Crippen LogP contribution in [-0.2, 0) is 19.6 Å². The molecule has 0 spiro atoms. The molecule has 1 aromatic carbocycles. The lowest BCUT2D eigenvalue weighted by molar-refractivity contribution is -0.133. The molecule has 0 atom stereocenters. The molecule has 0 bridgehead atoms. The number of carbonyl (C=O) groups is 1. The number of ether oxygens (including phenoxy) is 2. The van der Waals surface area contributed by atoms with E-state index in [9.17, 15) is 13.2 Å². The van der Waals surface area contributed by atoms with Crippen LogP contribution in [0.25, 0.3) is 0 Å². The van der Waals surface area contributed by atoms with Gasteiger partial charge in [0.25, 0.3) is 0 Å². The summed E-state index contributed by atoms with van der Waals surface area (Å²) in [6.07, 6.45) is 1.74. The van der Waals surface area contributed by atoms with Crippen molar-refractivity contribution in [2.24, 2.45) is 0 Å². The molecule has 0 aliphatic carbocycles. The molecule has 0 saturated carbocycles. The van der Waals surface area contributed by atoms with Gasteiger partial charge in [0, 0.05) is 31.9 Å². The number of nitrogens with one attached hydrogen (secondary N) is 1. The van der Waals surface area contributed by atoms with Crippen LogP contribution in [0.2, 0.25) is 0 Å². The van der Waals surface area contributed by atoms with E-state index in [0.717, 1.165) is 12.8 Å². The molecule has 3 rings (SSSR count). The molecule has 8 nitrogen and oxygen atoms in total. The Balaban J connectivity index is 1.75. The highest BCUT2D eigenvalue weighted by molar-refractivity contribution is 7.89. The molecule has 2 saturated heterocycles. The van der Waals surface area contributed by atoms with E-state index in [0.29, 0.717) is 57.4 Å². The van der Waals surface area contributed by atoms with E-state index in [1.807, 2.05) is 6.92 Å². The normalized spacial score (nSPS) is 18.5. The molecule has 2 heterocycles. The molecule has 150 valence electrons. The van der Waals surface area contributed by atoms with E-state index < -0.39 is 10.0 Å². The van der Waals surface area contributed by atoms with Gasteiger partial charge >= 0.3 is 0 Å². The van der Waals surface area contributed by atoms with E-state index in [1.165, 1.54) is 4.31 Å². The third kappa shape index (κ3) is 4.72. The highest BCUT2D eigenvalue weighted by Crippen LogP contribution is 2.31. The highest BCUT2D eigenvalue weighted by atomic mass is 32.2. The molecular formula is C18H27N3O5S. The van der Waals surface area contributed by atoms with Gasteiger partial charge < -0.3 is 19.7 Å². The minimum absolute atomic E-state index is 0.0314. The molecule has 27 heavy (non-hydrogen) atoms. The van der Waals surface area contributed by atoms with E-state index in [-0.39, 0.29) is 17.3 Å². The van der Waals surface area contributed by atoms with Crippen molar-refractivity contribution in [3.63, 3.8) is 0 Å². The van der Waals surface area contributed by atoms with Crippen LogP contribution in [0, 0.1) is 0 Å². The third-order valence-corrected chi connectivity index (χ3v) is 6.65. The van der Waals surface area contributed by atoms with Crippen molar-refractivity contribution >= 4 is 21.6 Å². The van der Waals surface area contributed by atoms with Crippen molar-refractivity contribution < 1.29 is 22.7 Å². The Hall–Kier alpha value is -1.84. The third-order valence-electron chi connectivity index (χ3n) is 4.73. The van der Waals surface area contributed by atoms with Crippen LogP contribution >= 0.6 is 0 Å². The number of nitrogens with zero attached hydrogens (tertiary/aromatic N) is 2. The molecule has 2 aliphatic rings. The van der Waals surface area contributed by atoms with Crippen LogP contribution in [0.15, 0.2) is 23.1 Å². The van der Waals surface area contributed by atoms with Gasteiger partial charge in [-0.05, 0) is 38.0 Å². The van der Waals surface area contributed by atoms with Crippen LogP contribution in [0.1, 0.15) is 19.8 Å². The Labute approximate surface area is 160 Å². The number of carbonyl (C=O) groups excluding carboxylic acids is 1. The smallest absolute Gasteiger partial charge is 0.246 e. The van der Waals surface area contributed by atoms with Gasteiger partial charge in [-0.25, -0.2) is 8.42 Å². The first kappa shape index (κ1) is 19.9. The first-order valence-corrected chi connectivity index (χ1v) is 10.8. The first-order chi connectivity index (χ1) is 13.0. The summed E-state index contributed by atoms with van der Waals surface area (Å²) in [5.74, 6) is 0.311. The minimum Gasteiger partial charge on any atom is -0.492 e. The van der Waals surface area contributed by atoms with Crippen LogP contribution in [0.4, 0.5) is 5.69 Å². The van der Waals surface area contributed by atoms with Crippen molar-refractivity contribution in [2.45, 2.75) is 24.7 Å². The monoisotopic (exact) mass is 397 g/mol. The van der Waals surface area contributed by atoms with Gasteiger partial charge in [-0.1, -0.05) is 0 Å². The van der Waals surface area contributed by atoms with Gasteiger partial charge in [-0.3, -0.25) is 4.79 Å². The number of amides is 1. The summed E-state index contributed by atoms with van der Waals surface area (Å²) in [4.78, 5) is 14.2. The second-order valence-electron chi connectivity index (χ2n) is 6.55. The molecule has 1 amide bonds. The van der Waals surface area contributed by atoms with Crippen LogP contribution in [0.3, 0.4) is 0 Å². The van der Waals surface area contributed by atoms with E-state index in [2.05, 4.69) is 5.32 Å². The Morgan fingerprint density at radius 2 is 1.89 bits per heavy atom. The van der Waals surface area contributed by atoms with Crippen molar-refractivity contribution in [3.8, 4) is 5.75 Å². The van der Waals surface area contributed by atoms with Gasteiger partial charge in [0.2, 0.25) is 15.9 Å². The Morgan fingerprint density at radius 3 is 2.56 bits per heavy atom. The summed E-state index contributed by atoms with van der Waals surface area (Å²) in [5, 5.41) is 3.04. The summed E-state index contributed by atoms with van der Waals surface area (Å²) in [5.41, 5.74) is 0.581. The zero-order chi connectivity index (χ0) is 19.3. The first-order valence-electron chi connectivity index (χ1n) is 9.39. The van der Waals surface area contributed by atoms with Crippen molar-refractivity contribution in [1.29, 1.82) is 0 Å². The second kappa shape index (κ2) is 8.90. The average Bonchev–Trinajstić information content (AvgIpc) is 3.23. The van der Waals surface area contributed by atoms with Crippen LogP contribution < -0.4 is 10.1 Å². The predicted molar refractivity (Wildman–Crippen MR) is 101 cm³/mol. The van der Waals surface area contributed by atoms with Crippen LogP contribution in [-0.4, -0.2) is 76.1 Å². The van der Waals surface area contributed by atoms with E-state index in [4.69, 9.17) is 9.47 Å². The standard InChI is InChI=1S/C18H27N3O5S/c1-2-26-16-6-5-15(19-14-18(22)20-9-11-25-12-10-20)13-17(16)27(23,24)21-7-3-4-8-21/h5-6,13,19H,2-4,7-12,14H2,1H3. The molecule has 9 heteroatoms. The van der Waals surface area contributed by atoms with Gasteiger partial charge in [0.1, 0.15) is 10.6 Å². The maximum Gasteiger partial charge on any atom is 0.246 e. The van der Waals surface area contributed by atoms with Crippen molar-refractivity contribution in [1.82, 2.24) is 9.21 Å². The fraction of sp³-hybridized carbons (Fsp3) is 0.611. The number of rotatable bonds is 7. The number of anilines is 1. The maximum atomic E-state index is 13.0. The maximum absolute atomic E-state index is 13.0. The van der Waals surface area contributed by atoms with Gasteiger partial charge in [0.05, 0.1) is 26.4 Å². The van der Waals surface area contributed by atoms with Crippen molar-refractivity contribution in [2.75, 3.05) is 57.9 Å². The number of hydrogen-bond donors (Lipinski definition) is 1. The molecule has 2 fully saturated rings. The summed E-state index contributed by atoms with van der Waals surface area (Å²) in [6.45, 7) is 5.63.